The zero-order chi connectivity index (χ0) is 18.9. The van der Waals surface area contributed by atoms with Gasteiger partial charge in [-0.2, -0.15) is 0 Å². The number of amides is 2. The number of hydrogen-bond acceptors (Lipinski definition) is 6. The normalized spacial score (nSPS) is 17.0. The van der Waals surface area contributed by atoms with Crippen LogP contribution in [0.15, 0.2) is 10.6 Å². The molecule has 0 spiro atoms. The van der Waals surface area contributed by atoms with E-state index in [2.05, 4.69) is 27.6 Å². The van der Waals surface area contributed by atoms with E-state index in [1.807, 2.05) is 0 Å². The molecule has 1 atom stereocenters. The molecule has 2 amide bonds. The number of nitrogens with zero attached hydrogens (tertiary/aromatic N) is 2. The monoisotopic (exact) mass is 382 g/mol. The van der Waals surface area contributed by atoms with Crippen molar-refractivity contribution in [2.24, 2.45) is 5.92 Å². The van der Waals surface area contributed by atoms with Gasteiger partial charge in [0.1, 0.15) is 5.76 Å². The second-order valence-electron chi connectivity index (χ2n) is 6.99. The van der Waals surface area contributed by atoms with E-state index in [-0.39, 0.29) is 22.8 Å². The van der Waals surface area contributed by atoms with E-state index in [4.69, 9.17) is 4.52 Å². The van der Waals surface area contributed by atoms with Crippen molar-refractivity contribution in [3.05, 3.63) is 11.8 Å². The van der Waals surface area contributed by atoms with E-state index in [0.717, 1.165) is 18.9 Å². The fraction of sp³-hybridized carbons (Fsp3) is 0.722. The van der Waals surface area contributed by atoms with Gasteiger partial charge >= 0.3 is 0 Å². The van der Waals surface area contributed by atoms with Crippen LogP contribution >= 0.6 is 11.8 Å². The summed E-state index contributed by atoms with van der Waals surface area (Å²) in [6.45, 7) is 9.91. The zero-order valence-corrected chi connectivity index (χ0v) is 16.7. The third-order valence-electron chi connectivity index (χ3n) is 4.56. The summed E-state index contributed by atoms with van der Waals surface area (Å²) in [4.78, 5) is 26.4. The topological polar surface area (TPSA) is 87.5 Å². The van der Waals surface area contributed by atoms with E-state index in [9.17, 15) is 9.59 Å². The van der Waals surface area contributed by atoms with Gasteiger partial charge < -0.3 is 20.1 Å². The molecule has 1 aliphatic rings. The highest BCUT2D eigenvalue weighted by Crippen LogP contribution is 2.16. The molecular weight excluding hydrogens is 352 g/mol. The highest BCUT2D eigenvalue weighted by Gasteiger charge is 2.17. The Hall–Kier alpha value is -1.54. The summed E-state index contributed by atoms with van der Waals surface area (Å²) in [5.41, 5.74) is 0. The van der Waals surface area contributed by atoms with Crippen molar-refractivity contribution in [1.82, 2.24) is 15.4 Å². The van der Waals surface area contributed by atoms with Crippen molar-refractivity contribution < 1.29 is 14.1 Å². The first-order valence-electron chi connectivity index (χ1n) is 9.29. The second kappa shape index (κ2) is 10.6. The maximum absolute atomic E-state index is 12.0. The molecule has 0 bridgehead atoms. The Labute approximate surface area is 159 Å². The molecule has 0 aromatic carbocycles. The minimum atomic E-state index is -0.340. The van der Waals surface area contributed by atoms with Crippen molar-refractivity contribution in [2.45, 2.75) is 45.3 Å². The van der Waals surface area contributed by atoms with Crippen LogP contribution in [0.1, 0.15) is 38.9 Å². The number of aryl methyl sites for hydroxylation is 1. The first-order valence-corrected chi connectivity index (χ1v) is 10.3. The quantitative estimate of drug-likeness (QED) is 0.637. The van der Waals surface area contributed by atoms with Gasteiger partial charge in [-0.15, -0.1) is 11.8 Å². The van der Waals surface area contributed by atoms with Gasteiger partial charge in [-0.1, -0.05) is 12.1 Å². The fourth-order valence-electron chi connectivity index (χ4n) is 2.80. The Morgan fingerprint density at radius 1 is 1.42 bits per heavy atom. The van der Waals surface area contributed by atoms with Crippen molar-refractivity contribution >= 4 is 29.4 Å². The molecular formula is C18H30N4O3S. The molecule has 1 aliphatic heterocycles. The molecule has 1 fully saturated rings. The smallest absolute Gasteiger partial charge is 0.238 e. The Balaban J connectivity index is 1.54. The molecule has 7 nitrogen and oxygen atoms in total. The minimum absolute atomic E-state index is 0.0285. The van der Waals surface area contributed by atoms with Crippen molar-refractivity contribution in [3.63, 3.8) is 0 Å². The molecule has 1 aromatic rings. The van der Waals surface area contributed by atoms with E-state index in [1.54, 1.807) is 19.9 Å². The number of carbonyl (C=O) groups is 2. The molecule has 146 valence electrons. The lowest BCUT2D eigenvalue weighted by atomic mass is 9.99. The number of carbonyl (C=O) groups excluding carboxylic acids is 2. The van der Waals surface area contributed by atoms with Gasteiger partial charge in [-0.25, -0.2) is 0 Å². The minimum Gasteiger partial charge on any atom is -0.360 e. The van der Waals surface area contributed by atoms with Crippen LogP contribution < -0.4 is 10.6 Å². The van der Waals surface area contributed by atoms with Crippen LogP contribution in [0.4, 0.5) is 5.82 Å². The summed E-state index contributed by atoms with van der Waals surface area (Å²) in [7, 11) is 0. The lowest BCUT2D eigenvalue weighted by Gasteiger charge is -2.30. The van der Waals surface area contributed by atoms with Crippen molar-refractivity contribution in [2.75, 3.05) is 37.2 Å². The third-order valence-corrected chi connectivity index (χ3v) is 5.71. The second-order valence-corrected chi connectivity index (χ2v) is 8.32. The van der Waals surface area contributed by atoms with Crippen LogP contribution in [0.25, 0.3) is 0 Å². The Morgan fingerprint density at radius 3 is 2.81 bits per heavy atom. The average Bonchev–Trinajstić information content (AvgIpc) is 3.02. The van der Waals surface area contributed by atoms with Gasteiger partial charge in [0.15, 0.2) is 5.82 Å². The summed E-state index contributed by atoms with van der Waals surface area (Å²) in [5, 5.41) is 9.00. The predicted molar refractivity (Wildman–Crippen MR) is 104 cm³/mol. The number of thioether (sulfide) groups is 1. The van der Waals surface area contributed by atoms with Gasteiger partial charge in [-0.05, 0) is 58.7 Å². The first-order chi connectivity index (χ1) is 12.4. The maximum Gasteiger partial charge on any atom is 0.238 e. The summed E-state index contributed by atoms with van der Waals surface area (Å²) < 4.78 is 4.91. The Bertz CT molecular complexity index is 585. The lowest BCUT2D eigenvalue weighted by Crippen LogP contribution is -2.36. The highest BCUT2D eigenvalue weighted by molar-refractivity contribution is 8.01. The predicted octanol–water partition coefficient (Wildman–Crippen LogP) is 2.28. The average molecular weight is 383 g/mol. The van der Waals surface area contributed by atoms with Crippen LogP contribution in [0.3, 0.4) is 0 Å². The van der Waals surface area contributed by atoms with Crippen molar-refractivity contribution in [1.29, 1.82) is 0 Å². The molecule has 8 heteroatoms. The molecule has 26 heavy (non-hydrogen) atoms. The molecule has 0 saturated carbocycles. The highest BCUT2D eigenvalue weighted by atomic mass is 32.2. The summed E-state index contributed by atoms with van der Waals surface area (Å²) in [5.74, 6) is 1.94. The lowest BCUT2D eigenvalue weighted by molar-refractivity contribution is -0.118. The molecule has 0 radical (unpaired) electrons. The molecule has 1 aromatic heterocycles. The molecule has 1 unspecified atom stereocenters. The van der Waals surface area contributed by atoms with Gasteiger partial charge in [0.2, 0.25) is 11.8 Å². The summed E-state index contributed by atoms with van der Waals surface area (Å²) in [6, 6.07) is 1.66. The number of likely N-dealkylation sites (tertiary alicyclic amines) is 1. The van der Waals surface area contributed by atoms with Gasteiger partial charge in [0.25, 0.3) is 0 Å². The number of rotatable bonds is 9. The SMILES string of the molecule is Cc1cc(NC(=O)C(C)SCC(=O)NCCCN2CCC(C)CC2)no1. The third kappa shape index (κ3) is 7.37. The van der Waals surface area contributed by atoms with Gasteiger partial charge in [0.05, 0.1) is 11.0 Å². The standard InChI is InChI=1S/C18H30N4O3S/c1-13-5-9-22(10-6-13)8-4-7-19-17(23)12-26-15(3)18(24)20-16-11-14(2)25-21-16/h11,13,15H,4-10,12H2,1-3H3,(H,19,23)(H,20,21,24). The molecule has 0 aliphatic carbocycles. The van der Waals surface area contributed by atoms with Gasteiger partial charge in [-0.3, -0.25) is 9.59 Å². The first kappa shape index (κ1) is 20.8. The summed E-state index contributed by atoms with van der Waals surface area (Å²) >= 11 is 1.31. The van der Waals surface area contributed by atoms with Gasteiger partial charge in [0, 0.05) is 12.6 Å². The number of hydrogen-bond donors (Lipinski definition) is 2. The van der Waals surface area contributed by atoms with Crippen molar-refractivity contribution in [3.8, 4) is 0 Å². The largest absolute Gasteiger partial charge is 0.360 e. The number of piperidine rings is 1. The van der Waals surface area contributed by atoms with Crippen LogP contribution in [0, 0.1) is 12.8 Å². The molecule has 2 N–H and O–H groups in total. The molecule has 2 heterocycles. The molecule has 2 rings (SSSR count). The fourth-order valence-corrected chi connectivity index (χ4v) is 3.51. The number of aromatic nitrogens is 1. The van der Waals surface area contributed by atoms with E-state index in [1.165, 1.54) is 37.7 Å². The van der Waals surface area contributed by atoms with Crippen LogP contribution in [0.5, 0.6) is 0 Å². The van der Waals surface area contributed by atoms with Crippen LogP contribution in [-0.4, -0.2) is 59.1 Å². The Kier molecular flexibility index (Phi) is 8.44. The van der Waals surface area contributed by atoms with E-state index < -0.39 is 0 Å². The van der Waals surface area contributed by atoms with Crippen LogP contribution in [-0.2, 0) is 9.59 Å². The maximum atomic E-state index is 12.0. The Morgan fingerprint density at radius 2 is 2.15 bits per heavy atom. The molecule has 1 saturated heterocycles. The number of anilines is 1. The summed E-state index contributed by atoms with van der Waals surface area (Å²) in [6.07, 6.45) is 3.51. The van der Waals surface area contributed by atoms with E-state index >= 15 is 0 Å². The number of nitrogens with one attached hydrogen (secondary N) is 2. The van der Waals surface area contributed by atoms with E-state index in [0.29, 0.717) is 18.1 Å². The van der Waals surface area contributed by atoms with Crippen LogP contribution in [0.2, 0.25) is 0 Å². The zero-order valence-electron chi connectivity index (χ0n) is 15.9.